The van der Waals surface area contributed by atoms with E-state index < -0.39 is 0 Å². The summed E-state index contributed by atoms with van der Waals surface area (Å²) in [4.78, 5) is 7.86. The number of aryl methyl sites for hydroxylation is 1. The molecule has 0 spiro atoms. The summed E-state index contributed by atoms with van der Waals surface area (Å²) >= 11 is 0. The molecule has 5 nitrogen and oxygen atoms in total. The summed E-state index contributed by atoms with van der Waals surface area (Å²) in [6, 6.07) is 7.66. The minimum absolute atomic E-state index is 0.256. The highest BCUT2D eigenvalue weighted by Gasteiger charge is 2.13. The van der Waals surface area contributed by atoms with Gasteiger partial charge in [0.25, 0.3) is 0 Å². The summed E-state index contributed by atoms with van der Waals surface area (Å²) < 4.78 is 0. The largest absolute Gasteiger partial charge is 0.508 e. The summed E-state index contributed by atoms with van der Waals surface area (Å²) in [5.41, 5.74) is 9.81. The molecule has 0 atom stereocenters. The molecule has 0 fully saturated rings. The number of phenols is 1. The maximum Gasteiger partial charge on any atom is 0.118 e. The van der Waals surface area contributed by atoms with Crippen molar-refractivity contribution in [2.24, 2.45) is 5.73 Å². The highest BCUT2D eigenvalue weighted by Crippen LogP contribution is 2.38. The molecule has 5 heteroatoms. The Bertz CT molecular complexity index is 1050. The zero-order valence-corrected chi connectivity index (χ0v) is 13.6. The van der Waals surface area contributed by atoms with Crippen LogP contribution in [0, 0.1) is 6.92 Å². The van der Waals surface area contributed by atoms with E-state index in [2.05, 4.69) is 28.3 Å². The number of fused-ring (bicyclic) bond motifs is 5. The molecule has 0 amide bonds. The fourth-order valence-corrected chi connectivity index (χ4v) is 3.35. The zero-order chi connectivity index (χ0) is 16.7. The number of phenolic OH excluding ortho intramolecular Hbond substituents is 1. The quantitative estimate of drug-likeness (QED) is 0.432. The van der Waals surface area contributed by atoms with E-state index in [0.29, 0.717) is 6.54 Å². The monoisotopic (exact) mass is 320 g/mol. The van der Waals surface area contributed by atoms with Crippen molar-refractivity contribution in [1.29, 1.82) is 0 Å². The average molecular weight is 320 g/mol. The second kappa shape index (κ2) is 5.69. The van der Waals surface area contributed by atoms with Gasteiger partial charge in [-0.3, -0.25) is 4.98 Å². The third kappa shape index (κ3) is 2.25. The molecule has 2 aromatic heterocycles. The Kier molecular flexibility index (Phi) is 3.50. The van der Waals surface area contributed by atoms with E-state index in [1.807, 2.05) is 18.5 Å². The number of anilines is 1. The van der Waals surface area contributed by atoms with Crippen LogP contribution >= 0.6 is 0 Å². The first-order valence-corrected chi connectivity index (χ1v) is 8.14. The number of H-pyrrole nitrogens is 1. The second-order valence-electron chi connectivity index (χ2n) is 6.15. The molecule has 0 aliphatic carbocycles. The first-order valence-electron chi connectivity index (χ1n) is 8.14. The second-order valence-corrected chi connectivity index (χ2v) is 6.15. The van der Waals surface area contributed by atoms with Gasteiger partial charge in [0.1, 0.15) is 5.75 Å². The molecule has 4 aromatic rings. The van der Waals surface area contributed by atoms with Gasteiger partial charge in [-0.05, 0) is 43.0 Å². The minimum atomic E-state index is 0.256. The van der Waals surface area contributed by atoms with Gasteiger partial charge in [0.15, 0.2) is 0 Å². The molecular formula is C19H20N4O. The molecule has 0 aliphatic heterocycles. The number of benzene rings is 2. The van der Waals surface area contributed by atoms with Gasteiger partial charge in [0, 0.05) is 52.4 Å². The lowest BCUT2D eigenvalue weighted by Crippen LogP contribution is -2.08. The van der Waals surface area contributed by atoms with Crippen LogP contribution in [0.4, 0.5) is 5.69 Å². The highest BCUT2D eigenvalue weighted by atomic mass is 16.3. The van der Waals surface area contributed by atoms with Crippen molar-refractivity contribution in [3.8, 4) is 5.75 Å². The number of hydrogen-bond acceptors (Lipinski definition) is 4. The van der Waals surface area contributed by atoms with Gasteiger partial charge in [0.2, 0.25) is 0 Å². The van der Waals surface area contributed by atoms with Gasteiger partial charge < -0.3 is 21.1 Å². The van der Waals surface area contributed by atoms with Gasteiger partial charge in [-0.25, -0.2) is 0 Å². The van der Waals surface area contributed by atoms with Gasteiger partial charge in [-0.15, -0.1) is 0 Å². The molecule has 122 valence electrons. The molecular weight excluding hydrogens is 300 g/mol. The van der Waals surface area contributed by atoms with Crippen LogP contribution in [0.15, 0.2) is 36.7 Å². The number of aromatic hydroxyl groups is 1. The number of rotatable bonds is 4. The van der Waals surface area contributed by atoms with Crippen molar-refractivity contribution in [3.63, 3.8) is 0 Å². The molecule has 24 heavy (non-hydrogen) atoms. The minimum Gasteiger partial charge on any atom is -0.508 e. The Balaban J connectivity index is 2.08. The van der Waals surface area contributed by atoms with E-state index in [9.17, 15) is 5.11 Å². The van der Waals surface area contributed by atoms with Gasteiger partial charge >= 0.3 is 0 Å². The smallest absolute Gasteiger partial charge is 0.118 e. The first kappa shape index (κ1) is 14.8. The Labute approximate surface area is 139 Å². The molecule has 0 aliphatic rings. The van der Waals surface area contributed by atoms with E-state index in [1.54, 1.807) is 12.1 Å². The highest BCUT2D eigenvalue weighted by molar-refractivity contribution is 6.24. The van der Waals surface area contributed by atoms with Crippen molar-refractivity contribution in [2.45, 2.75) is 13.3 Å². The van der Waals surface area contributed by atoms with Crippen LogP contribution in [0.3, 0.4) is 0 Å². The molecule has 4 rings (SSSR count). The fraction of sp³-hybridized carbons (Fsp3) is 0.211. The van der Waals surface area contributed by atoms with Gasteiger partial charge in [-0.2, -0.15) is 0 Å². The Morgan fingerprint density at radius 1 is 1.21 bits per heavy atom. The SMILES string of the molecule is Cc1cncc2c1[nH]c1ccc3cc(O)cc(NCCCN)c3c12. The molecule has 0 bridgehead atoms. The zero-order valence-electron chi connectivity index (χ0n) is 13.6. The fourth-order valence-electron chi connectivity index (χ4n) is 3.35. The lowest BCUT2D eigenvalue weighted by molar-refractivity contribution is 0.476. The number of aromatic nitrogens is 2. The van der Waals surface area contributed by atoms with Crippen molar-refractivity contribution in [3.05, 3.63) is 42.2 Å². The Morgan fingerprint density at radius 2 is 2.08 bits per heavy atom. The molecule has 0 saturated carbocycles. The number of aromatic amines is 1. The van der Waals surface area contributed by atoms with Gasteiger partial charge in [0.05, 0.1) is 5.52 Å². The van der Waals surface area contributed by atoms with Crippen LogP contribution in [-0.2, 0) is 0 Å². The molecule has 0 saturated heterocycles. The maximum atomic E-state index is 10.1. The molecule has 0 radical (unpaired) electrons. The lowest BCUT2D eigenvalue weighted by atomic mass is 10.0. The number of nitrogens with zero attached hydrogens (tertiary/aromatic N) is 1. The van der Waals surface area contributed by atoms with E-state index >= 15 is 0 Å². The normalized spacial score (nSPS) is 11.6. The van der Waals surface area contributed by atoms with E-state index in [-0.39, 0.29) is 5.75 Å². The van der Waals surface area contributed by atoms with E-state index in [1.165, 1.54) is 0 Å². The average Bonchev–Trinajstić information content (AvgIpc) is 2.95. The number of hydrogen-bond donors (Lipinski definition) is 4. The van der Waals surface area contributed by atoms with Crippen LogP contribution in [0.5, 0.6) is 5.75 Å². The van der Waals surface area contributed by atoms with Crippen molar-refractivity contribution >= 4 is 38.3 Å². The van der Waals surface area contributed by atoms with Crippen molar-refractivity contribution in [1.82, 2.24) is 9.97 Å². The molecule has 2 heterocycles. The summed E-state index contributed by atoms with van der Waals surface area (Å²) in [6.07, 6.45) is 4.64. The standard InChI is InChI=1S/C19H20N4O/c1-11-9-21-10-14-18-15(23-19(11)14)4-3-12-7-13(24)8-16(17(12)18)22-6-2-5-20/h3-4,7-10,22-24H,2,5-6,20H2,1H3. The molecule has 2 aromatic carbocycles. The van der Waals surface area contributed by atoms with Crippen LogP contribution in [0.2, 0.25) is 0 Å². The maximum absolute atomic E-state index is 10.1. The van der Waals surface area contributed by atoms with Gasteiger partial charge in [-0.1, -0.05) is 6.07 Å². The third-order valence-electron chi connectivity index (χ3n) is 4.46. The predicted molar refractivity (Wildman–Crippen MR) is 99.7 cm³/mol. The molecule has 5 N–H and O–H groups in total. The number of nitrogens with two attached hydrogens (primary N) is 1. The van der Waals surface area contributed by atoms with Crippen LogP contribution < -0.4 is 11.1 Å². The van der Waals surface area contributed by atoms with E-state index in [0.717, 1.165) is 56.8 Å². The van der Waals surface area contributed by atoms with E-state index in [4.69, 9.17) is 5.73 Å². The summed E-state index contributed by atoms with van der Waals surface area (Å²) in [6.45, 7) is 3.46. The summed E-state index contributed by atoms with van der Waals surface area (Å²) in [5, 5.41) is 17.8. The third-order valence-corrected chi connectivity index (χ3v) is 4.46. The lowest BCUT2D eigenvalue weighted by Gasteiger charge is -2.12. The van der Waals surface area contributed by atoms with Crippen molar-refractivity contribution < 1.29 is 5.11 Å². The summed E-state index contributed by atoms with van der Waals surface area (Å²) in [7, 11) is 0. The first-order chi connectivity index (χ1) is 11.7. The summed E-state index contributed by atoms with van der Waals surface area (Å²) in [5.74, 6) is 0.256. The topological polar surface area (TPSA) is 87.0 Å². The number of pyridine rings is 1. The Hall–Kier alpha value is -2.79. The number of nitrogens with one attached hydrogen (secondary N) is 2. The Morgan fingerprint density at radius 3 is 2.92 bits per heavy atom. The van der Waals surface area contributed by atoms with Crippen LogP contribution in [-0.4, -0.2) is 28.2 Å². The molecule has 0 unspecified atom stereocenters. The predicted octanol–water partition coefficient (Wildman–Crippen LogP) is 3.64. The van der Waals surface area contributed by atoms with Crippen LogP contribution in [0.25, 0.3) is 32.6 Å². The van der Waals surface area contributed by atoms with Crippen LogP contribution in [0.1, 0.15) is 12.0 Å². The van der Waals surface area contributed by atoms with Crippen molar-refractivity contribution in [2.75, 3.05) is 18.4 Å².